The van der Waals surface area contributed by atoms with E-state index in [2.05, 4.69) is 0 Å². The molecule has 0 saturated heterocycles. The van der Waals surface area contributed by atoms with Gasteiger partial charge in [-0.15, -0.1) is 0 Å². The molecule has 0 nitrogen and oxygen atoms in total. The van der Waals surface area contributed by atoms with E-state index in [4.69, 9.17) is 0 Å². The largest absolute Gasteiger partial charge is 0.207 e. The molecule has 1 rings (SSSR count). The van der Waals surface area contributed by atoms with Gasteiger partial charge in [-0.2, -0.15) is 0 Å². The average molecular weight is 156 g/mol. The fourth-order valence-corrected chi connectivity index (χ4v) is 1.00. The van der Waals surface area contributed by atoms with Gasteiger partial charge in [0, 0.05) is 0 Å². The lowest BCUT2D eigenvalue weighted by atomic mass is 10.1. The Bertz CT molecular complexity index is 264. The van der Waals surface area contributed by atoms with Crippen molar-refractivity contribution in [1.82, 2.24) is 0 Å². The standard InChI is InChI=1S/C9H10F2/c1-5-4-8(10)6(2)7(3)9(5)11/h4H,1-3H3. The highest BCUT2D eigenvalue weighted by Gasteiger charge is 2.08. The summed E-state index contributed by atoms with van der Waals surface area (Å²) in [5.41, 5.74) is 1.17. The highest BCUT2D eigenvalue weighted by atomic mass is 19.1. The van der Waals surface area contributed by atoms with Gasteiger partial charge in [0.1, 0.15) is 11.6 Å². The summed E-state index contributed by atoms with van der Waals surface area (Å²) in [4.78, 5) is 0. The minimum absolute atomic E-state index is 0.302. The smallest absolute Gasteiger partial charge is 0.129 e. The molecule has 0 bridgehead atoms. The molecular weight excluding hydrogens is 146 g/mol. The Labute approximate surface area is 64.9 Å². The van der Waals surface area contributed by atoms with Crippen LogP contribution in [0.4, 0.5) is 8.78 Å². The molecule has 0 radical (unpaired) electrons. The average Bonchev–Trinajstić information content (AvgIpc) is 1.97. The highest BCUT2D eigenvalue weighted by molar-refractivity contribution is 5.32. The molecule has 11 heavy (non-hydrogen) atoms. The first-order valence-corrected chi connectivity index (χ1v) is 3.46. The van der Waals surface area contributed by atoms with Crippen LogP contribution in [0.3, 0.4) is 0 Å². The van der Waals surface area contributed by atoms with Crippen LogP contribution >= 0.6 is 0 Å². The van der Waals surface area contributed by atoms with Gasteiger partial charge in [-0.05, 0) is 43.5 Å². The van der Waals surface area contributed by atoms with E-state index in [9.17, 15) is 8.78 Å². The van der Waals surface area contributed by atoms with Crippen molar-refractivity contribution in [3.63, 3.8) is 0 Å². The molecule has 0 atom stereocenters. The van der Waals surface area contributed by atoms with Gasteiger partial charge in [0.25, 0.3) is 0 Å². The number of rotatable bonds is 0. The van der Waals surface area contributed by atoms with Gasteiger partial charge in [-0.25, -0.2) is 8.78 Å². The van der Waals surface area contributed by atoms with E-state index < -0.39 is 0 Å². The Kier molecular flexibility index (Phi) is 1.94. The van der Waals surface area contributed by atoms with Crippen LogP contribution in [0.2, 0.25) is 0 Å². The van der Waals surface area contributed by atoms with Crippen LogP contribution in [0.5, 0.6) is 0 Å². The van der Waals surface area contributed by atoms with Crippen LogP contribution in [-0.2, 0) is 0 Å². The monoisotopic (exact) mass is 156 g/mol. The SMILES string of the molecule is Cc1cc(F)c(C)c(C)c1F. The fraction of sp³-hybridized carbons (Fsp3) is 0.333. The summed E-state index contributed by atoms with van der Waals surface area (Å²) < 4.78 is 25.9. The number of benzene rings is 1. The molecule has 2 heteroatoms. The lowest BCUT2D eigenvalue weighted by Crippen LogP contribution is -1.95. The van der Waals surface area contributed by atoms with E-state index >= 15 is 0 Å². The summed E-state index contributed by atoms with van der Waals surface area (Å²) in [6.07, 6.45) is 0. The Hall–Kier alpha value is -0.920. The molecule has 1 aromatic carbocycles. The predicted octanol–water partition coefficient (Wildman–Crippen LogP) is 2.89. The van der Waals surface area contributed by atoms with Crippen molar-refractivity contribution in [1.29, 1.82) is 0 Å². The first kappa shape index (κ1) is 8.18. The minimum Gasteiger partial charge on any atom is -0.207 e. The normalized spacial score (nSPS) is 10.3. The van der Waals surface area contributed by atoms with Gasteiger partial charge in [0.05, 0.1) is 0 Å². The third kappa shape index (κ3) is 1.25. The van der Waals surface area contributed by atoms with E-state index in [0.717, 1.165) is 0 Å². The Morgan fingerprint density at radius 2 is 1.55 bits per heavy atom. The van der Waals surface area contributed by atoms with Gasteiger partial charge in [-0.3, -0.25) is 0 Å². The Morgan fingerprint density at radius 1 is 1.00 bits per heavy atom. The number of halogens is 2. The van der Waals surface area contributed by atoms with Gasteiger partial charge >= 0.3 is 0 Å². The number of aryl methyl sites for hydroxylation is 1. The van der Waals surface area contributed by atoms with Crippen molar-refractivity contribution >= 4 is 0 Å². The summed E-state index contributed by atoms with van der Waals surface area (Å²) >= 11 is 0. The maximum atomic E-state index is 13.0. The van der Waals surface area contributed by atoms with Crippen molar-refractivity contribution in [2.24, 2.45) is 0 Å². The fourth-order valence-electron chi connectivity index (χ4n) is 1.00. The second-order valence-corrected chi connectivity index (χ2v) is 2.74. The first-order chi connectivity index (χ1) is 5.04. The Balaban J connectivity index is 3.46. The molecule has 0 fully saturated rings. The van der Waals surface area contributed by atoms with Crippen molar-refractivity contribution in [3.05, 3.63) is 34.4 Å². The molecule has 0 N–H and O–H groups in total. The summed E-state index contributed by atoms with van der Waals surface area (Å²) in [5.74, 6) is -0.634. The molecule has 1 aromatic rings. The first-order valence-electron chi connectivity index (χ1n) is 3.46. The molecule has 60 valence electrons. The number of hydrogen-bond acceptors (Lipinski definition) is 0. The van der Waals surface area contributed by atoms with Gasteiger partial charge in [0.15, 0.2) is 0 Å². The van der Waals surface area contributed by atoms with Crippen LogP contribution in [0, 0.1) is 32.4 Å². The molecule has 0 spiro atoms. The molecule has 0 aliphatic heterocycles. The lowest BCUT2D eigenvalue weighted by Gasteiger charge is -2.05. The number of hydrogen-bond donors (Lipinski definition) is 0. The minimum atomic E-state index is -0.332. The van der Waals surface area contributed by atoms with Crippen molar-refractivity contribution in [2.45, 2.75) is 20.8 Å². The third-order valence-corrected chi connectivity index (χ3v) is 1.94. The van der Waals surface area contributed by atoms with E-state index in [-0.39, 0.29) is 11.6 Å². The molecule has 0 unspecified atom stereocenters. The maximum Gasteiger partial charge on any atom is 0.129 e. The second kappa shape index (κ2) is 2.61. The zero-order chi connectivity index (χ0) is 8.59. The summed E-state index contributed by atoms with van der Waals surface area (Å²) in [6, 6.07) is 1.22. The lowest BCUT2D eigenvalue weighted by molar-refractivity contribution is 0.577. The molecule has 0 amide bonds. The second-order valence-electron chi connectivity index (χ2n) is 2.74. The summed E-state index contributed by atoms with van der Waals surface area (Å²) in [5, 5.41) is 0. The maximum absolute atomic E-state index is 13.0. The Morgan fingerprint density at radius 3 is 2.09 bits per heavy atom. The molecule has 0 heterocycles. The van der Waals surface area contributed by atoms with Gasteiger partial charge in [-0.1, -0.05) is 0 Å². The van der Waals surface area contributed by atoms with E-state index in [1.165, 1.54) is 6.07 Å². The van der Waals surface area contributed by atoms with Crippen LogP contribution in [0.15, 0.2) is 6.07 Å². The van der Waals surface area contributed by atoms with Crippen molar-refractivity contribution in [2.75, 3.05) is 0 Å². The zero-order valence-corrected chi connectivity index (χ0v) is 6.83. The van der Waals surface area contributed by atoms with Crippen LogP contribution < -0.4 is 0 Å². The van der Waals surface area contributed by atoms with Crippen LogP contribution in [-0.4, -0.2) is 0 Å². The van der Waals surface area contributed by atoms with E-state index in [1.807, 2.05) is 0 Å². The summed E-state index contributed by atoms with van der Waals surface area (Å²) in [6.45, 7) is 4.72. The topological polar surface area (TPSA) is 0 Å². The zero-order valence-electron chi connectivity index (χ0n) is 6.83. The van der Waals surface area contributed by atoms with Gasteiger partial charge < -0.3 is 0 Å². The highest BCUT2D eigenvalue weighted by Crippen LogP contribution is 2.18. The predicted molar refractivity (Wildman–Crippen MR) is 40.6 cm³/mol. The molecule has 0 aliphatic rings. The van der Waals surface area contributed by atoms with Gasteiger partial charge in [0.2, 0.25) is 0 Å². The van der Waals surface area contributed by atoms with Crippen LogP contribution in [0.1, 0.15) is 16.7 Å². The quantitative estimate of drug-likeness (QED) is 0.541. The molecule has 0 saturated carbocycles. The third-order valence-electron chi connectivity index (χ3n) is 1.94. The molecular formula is C9H10F2. The van der Waals surface area contributed by atoms with E-state index in [0.29, 0.717) is 16.7 Å². The molecule has 0 aromatic heterocycles. The molecule has 0 aliphatic carbocycles. The summed E-state index contributed by atoms with van der Waals surface area (Å²) in [7, 11) is 0. The van der Waals surface area contributed by atoms with Crippen molar-refractivity contribution in [3.8, 4) is 0 Å². The van der Waals surface area contributed by atoms with E-state index in [1.54, 1.807) is 20.8 Å². The van der Waals surface area contributed by atoms with Crippen molar-refractivity contribution < 1.29 is 8.78 Å². The van der Waals surface area contributed by atoms with Crippen LogP contribution in [0.25, 0.3) is 0 Å².